The zero-order valence-electron chi connectivity index (χ0n) is 16.2. The maximum Gasteiger partial charge on any atom is 0.269 e. The van der Waals surface area contributed by atoms with Gasteiger partial charge in [0.05, 0.1) is 10.6 Å². The summed E-state index contributed by atoms with van der Waals surface area (Å²) in [4.78, 5) is 29.0. The van der Waals surface area contributed by atoms with Crippen LogP contribution in [0.15, 0.2) is 95.2 Å². The molecular weight excluding hydrogens is 430 g/mol. The number of nitrogens with zero attached hydrogens (tertiary/aromatic N) is 2. The third kappa shape index (κ3) is 5.17. The maximum absolute atomic E-state index is 13.1. The molecule has 0 saturated heterocycles. The van der Waals surface area contributed by atoms with Crippen molar-refractivity contribution in [3.63, 3.8) is 0 Å². The molecule has 1 unspecified atom stereocenters. The van der Waals surface area contributed by atoms with E-state index in [9.17, 15) is 14.9 Å². The van der Waals surface area contributed by atoms with E-state index in [0.29, 0.717) is 10.8 Å². The summed E-state index contributed by atoms with van der Waals surface area (Å²) in [6.45, 7) is 0. The number of nitro groups is 1. The first-order valence-electron chi connectivity index (χ1n) is 9.38. The molecule has 1 atom stereocenters. The number of non-ortho nitro benzene ring substituents is 1. The molecule has 0 spiro atoms. The molecule has 154 valence electrons. The van der Waals surface area contributed by atoms with E-state index in [2.05, 4.69) is 10.3 Å². The van der Waals surface area contributed by atoms with Crippen LogP contribution in [-0.4, -0.2) is 15.8 Å². The Morgan fingerprint density at radius 2 is 1.61 bits per heavy atom. The molecule has 1 amide bonds. The van der Waals surface area contributed by atoms with Gasteiger partial charge in [-0.25, -0.2) is 4.98 Å². The van der Waals surface area contributed by atoms with Crippen molar-refractivity contribution in [2.45, 2.75) is 10.1 Å². The SMILES string of the molecule is O=C(Nc1nc(-c2ccc([N+](=O)[O-])cc2)cs1)C(Sc1ccccc1)c1ccccc1. The van der Waals surface area contributed by atoms with Gasteiger partial charge in [-0.15, -0.1) is 23.1 Å². The zero-order chi connectivity index (χ0) is 21.6. The third-order valence-electron chi connectivity index (χ3n) is 4.45. The summed E-state index contributed by atoms with van der Waals surface area (Å²) in [5.74, 6) is -0.162. The van der Waals surface area contributed by atoms with Crippen LogP contribution in [0.3, 0.4) is 0 Å². The van der Waals surface area contributed by atoms with Crippen LogP contribution >= 0.6 is 23.1 Å². The van der Waals surface area contributed by atoms with E-state index in [-0.39, 0.29) is 11.6 Å². The van der Waals surface area contributed by atoms with Crippen LogP contribution in [0.4, 0.5) is 10.8 Å². The van der Waals surface area contributed by atoms with Gasteiger partial charge in [-0.3, -0.25) is 14.9 Å². The highest BCUT2D eigenvalue weighted by Gasteiger charge is 2.23. The molecule has 4 aromatic rings. The average molecular weight is 448 g/mol. The van der Waals surface area contributed by atoms with E-state index in [4.69, 9.17) is 0 Å². The van der Waals surface area contributed by atoms with E-state index in [1.165, 1.54) is 35.2 Å². The molecule has 0 bridgehead atoms. The van der Waals surface area contributed by atoms with Crippen LogP contribution in [0.2, 0.25) is 0 Å². The number of nitro benzene ring substituents is 1. The number of hydrogen-bond donors (Lipinski definition) is 1. The standard InChI is InChI=1S/C23H17N3O3S2/c27-22(21(17-7-3-1-4-8-17)31-19-9-5-2-6-10-19)25-23-24-20(15-30-23)16-11-13-18(14-12-16)26(28)29/h1-15,21H,(H,24,25,27). The van der Waals surface area contributed by atoms with Crippen molar-refractivity contribution in [3.05, 3.63) is 106 Å². The fraction of sp³-hybridized carbons (Fsp3) is 0.0435. The van der Waals surface area contributed by atoms with Crippen molar-refractivity contribution in [2.75, 3.05) is 5.32 Å². The average Bonchev–Trinajstić information content (AvgIpc) is 3.27. The number of anilines is 1. The number of rotatable bonds is 7. The Hall–Kier alpha value is -3.49. The number of nitrogens with one attached hydrogen (secondary N) is 1. The van der Waals surface area contributed by atoms with Crippen molar-refractivity contribution >= 4 is 39.8 Å². The fourth-order valence-electron chi connectivity index (χ4n) is 2.92. The van der Waals surface area contributed by atoms with Gasteiger partial charge < -0.3 is 5.32 Å². The van der Waals surface area contributed by atoms with Gasteiger partial charge in [0.2, 0.25) is 5.91 Å². The molecule has 4 rings (SSSR count). The van der Waals surface area contributed by atoms with Crippen LogP contribution < -0.4 is 5.32 Å². The zero-order valence-corrected chi connectivity index (χ0v) is 17.8. The number of aromatic nitrogens is 1. The van der Waals surface area contributed by atoms with Gasteiger partial charge in [0.1, 0.15) is 5.25 Å². The summed E-state index contributed by atoms with van der Waals surface area (Å²) in [7, 11) is 0. The highest BCUT2D eigenvalue weighted by molar-refractivity contribution is 8.00. The number of thioether (sulfide) groups is 1. The second kappa shape index (κ2) is 9.55. The first-order valence-corrected chi connectivity index (χ1v) is 11.1. The highest BCUT2D eigenvalue weighted by Crippen LogP contribution is 2.36. The maximum atomic E-state index is 13.1. The summed E-state index contributed by atoms with van der Waals surface area (Å²) in [5, 5.41) is 15.6. The highest BCUT2D eigenvalue weighted by atomic mass is 32.2. The predicted octanol–water partition coefficient (Wildman–Crippen LogP) is 6.19. The molecule has 0 fully saturated rings. The molecule has 0 aliphatic heterocycles. The minimum absolute atomic E-state index is 0.0242. The number of amides is 1. The van der Waals surface area contributed by atoms with Crippen LogP contribution in [0.5, 0.6) is 0 Å². The molecule has 0 aliphatic rings. The Kier molecular flexibility index (Phi) is 6.40. The van der Waals surface area contributed by atoms with Crippen LogP contribution in [0.1, 0.15) is 10.8 Å². The van der Waals surface area contributed by atoms with Gasteiger partial charge in [-0.2, -0.15) is 0 Å². The molecule has 31 heavy (non-hydrogen) atoms. The van der Waals surface area contributed by atoms with Crippen molar-refractivity contribution in [3.8, 4) is 11.3 Å². The van der Waals surface area contributed by atoms with Crippen LogP contribution in [-0.2, 0) is 4.79 Å². The molecular formula is C23H17N3O3S2. The lowest BCUT2D eigenvalue weighted by atomic mass is 10.1. The molecule has 1 aromatic heterocycles. The first-order chi connectivity index (χ1) is 15.1. The topological polar surface area (TPSA) is 85.1 Å². The Labute approximate surface area is 187 Å². The smallest absolute Gasteiger partial charge is 0.269 e. The molecule has 3 aromatic carbocycles. The lowest BCUT2D eigenvalue weighted by Crippen LogP contribution is -2.18. The predicted molar refractivity (Wildman–Crippen MR) is 124 cm³/mol. The summed E-state index contributed by atoms with van der Waals surface area (Å²) in [6, 6.07) is 25.6. The van der Waals surface area contributed by atoms with Gasteiger partial charge in [0.15, 0.2) is 5.13 Å². The lowest BCUT2D eigenvalue weighted by Gasteiger charge is -2.16. The number of carbonyl (C=O) groups is 1. The lowest BCUT2D eigenvalue weighted by molar-refractivity contribution is -0.384. The third-order valence-corrected chi connectivity index (χ3v) is 6.47. The first kappa shape index (κ1) is 20.8. The second-order valence-corrected chi connectivity index (χ2v) is 8.59. The Morgan fingerprint density at radius 1 is 0.968 bits per heavy atom. The van der Waals surface area contributed by atoms with E-state index in [1.54, 1.807) is 12.1 Å². The Balaban J connectivity index is 1.53. The molecule has 0 aliphatic carbocycles. The van der Waals surface area contributed by atoms with Crippen LogP contribution in [0.25, 0.3) is 11.3 Å². The summed E-state index contributed by atoms with van der Waals surface area (Å²) in [5.41, 5.74) is 2.33. The van der Waals surface area contributed by atoms with E-state index < -0.39 is 10.2 Å². The molecule has 6 nitrogen and oxygen atoms in total. The monoisotopic (exact) mass is 447 g/mol. The van der Waals surface area contributed by atoms with E-state index >= 15 is 0 Å². The van der Waals surface area contributed by atoms with E-state index in [0.717, 1.165) is 16.0 Å². The molecule has 1 N–H and O–H groups in total. The van der Waals surface area contributed by atoms with Crippen molar-refractivity contribution in [2.24, 2.45) is 0 Å². The number of hydrogen-bond acceptors (Lipinski definition) is 6. The molecule has 1 heterocycles. The normalized spacial score (nSPS) is 11.6. The van der Waals surface area contributed by atoms with Crippen molar-refractivity contribution in [1.82, 2.24) is 4.98 Å². The van der Waals surface area contributed by atoms with Gasteiger partial charge in [0.25, 0.3) is 5.69 Å². The van der Waals surface area contributed by atoms with Gasteiger partial charge in [-0.1, -0.05) is 48.5 Å². The Morgan fingerprint density at radius 3 is 2.26 bits per heavy atom. The number of benzene rings is 3. The molecule has 8 heteroatoms. The summed E-state index contributed by atoms with van der Waals surface area (Å²) < 4.78 is 0. The van der Waals surface area contributed by atoms with Gasteiger partial charge >= 0.3 is 0 Å². The molecule has 0 saturated carbocycles. The summed E-state index contributed by atoms with van der Waals surface area (Å²) in [6.07, 6.45) is 0. The van der Waals surface area contributed by atoms with Gasteiger partial charge in [0, 0.05) is 28.0 Å². The minimum Gasteiger partial charge on any atom is -0.301 e. The summed E-state index contributed by atoms with van der Waals surface area (Å²) >= 11 is 2.79. The minimum atomic E-state index is -0.440. The van der Waals surface area contributed by atoms with Gasteiger partial charge in [-0.05, 0) is 29.8 Å². The second-order valence-electron chi connectivity index (χ2n) is 6.55. The Bertz CT molecular complexity index is 1180. The molecule has 0 radical (unpaired) electrons. The van der Waals surface area contributed by atoms with Crippen LogP contribution in [0, 0.1) is 10.1 Å². The number of thiazole rings is 1. The largest absolute Gasteiger partial charge is 0.301 e. The fourth-order valence-corrected chi connectivity index (χ4v) is 4.69. The quantitative estimate of drug-likeness (QED) is 0.207. The van der Waals surface area contributed by atoms with Crippen molar-refractivity contribution < 1.29 is 9.72 Å². The van der Waals surface area contributed by atoms with Crippen molar-refractivity contribution in [1.29, 1.82) is 0 Å². The van der Waals surface area contributed by atoms with E-state index in [1.807, 2.05) is 66.0 Å². The number of carbonyl (C=O) groups excluding carboxylic acids is 1.